The summed E-state index contributed by atoms with van der Waals surface area (Å²) < 4.78 is 24.3. The minimum absolute atomic E-state index is 0.0266. The number of likely N-dealkylation sites (N-methyl/N-ethyl adjacent to an activating group) is 1. The van der Waals surface area contributed by atoms with Crippen molar-refractivity contribution < 1.29 is 23.5 Å². The number of carbonyl (C=O) groups is 2. The largest absolute Gasteiger partial charge is 0.458 e. The minimum Gasteiger partial charge on any atom is -0.458 e. The first kappa shape index (κ1) is 20.4. The maximum Gasteiger partial charge on any atom is 0.292 e. The first-order chi connectivity index (χ1) is 13.9. The van der Waals surface area contributed by atoms with Crippen molar-refractivity contribution in [2.45, 2.75) is 31.6 Å². The molecule has 2 aromatic carbocycles. The maximum absolute atomic E-state index is 13.1. The highest BCUT2D eigenvalue weighted by atomic mass is 19.1. The van der Waals surface area contributed by atoms with Crippen LogP contribution in [0.1, 0.15) is 17.5 Å². The van der Waals surface area contributed by atoms with Gasteiger partial charge in [-0.15, -0.1) is 0 Å². The summed E-state index contributed by atoms with van der Waals surface area (Å²) in [5.74, 6) is -1.22. The van der Waals surface area contributed by atoms with Crippen molar-refractivity contribution in [2.75, 3.05) is 7.05 Å². The molecule has 2 atom stereocenters. The van der Waals surface area contributed by atoms with E-state index in [0.717, 1.165) is 11.1 Å². The zero-order valence-electron chi connectivity index (χ0n) is 16.1. The molecule has 1 heterocycles. The normalized spacial score (nSPS) is 16.3. The van der Waals surface area contributed by atoms with Gasteiger partial charge in [-0.3, -0.25) is 9.59 Å². The zero-order valence-corrected chi connectivity index (χ0v) is 16.1. The molecule has 152 valence electrons. The number of nitrogens with zero attached hydrogens (tertiary/aromatic N) is 1. The van der Waals surface area contributed by atoms with Gasteiger partial charge in [0, 0.05) is 25.9 Å². The lowest BCUT2D eigenvalue weighted by molar-refractivity contribution is -0.134. The molecule has 1 aliphatic heterocycles. The van der Waals surface area contributed by atoms with Crippen molar-refractivity contribution in [3.05, 3.63) is 83.6 Å². The lowest BCUT2D eigenvalue weighted by Crippen LogP contribution is -2.42. The van der Waals surface area contributed by atoms with Gasteiger partial charge in [0.05, 0.1) is 0 Å². The number of carbonyl (C=O) groups excluding carboxylic acids is 2. The van der Waals surface area contributed by atoms with Gasteiger partial charge in [-0.1, -0.05) is 42.5 Å². The Hall–Kier alpha value is -3.35. The fraction of sp³-hybridized carbons (Fsp3) is 0.273. The Kier molecular flexibility index (Phi) is 6.49. The second-order valence-electron chi connectivity index (χ2n) is 6.93. The Morgan fingerprint density at radius 2 is 1.79 bits per heavy atom. The number of halogens is 1. The van der Waals surface area contributed by atoms with Crippen LogP contribution >= 0.6 is 0 Å². The van der Waals surface area contributed by atoms with Crippen LogP contribution in [0.4, 0.5) is 4.39 Å². The molecule has 0 bridgehead atoms. The van der Waals surface area contributed by atoms with Crippen LogP contribution in [0.2, 0.25) is 0 Å². The standard InChI is InChI=1S/C22H23FN2O4/c1-25(18(13-20(24)26)11-16-7-9-17(23)10-8-16)22(27)19-14-28-21(29-19)12-15-5-3-2-4-6-15/h2-10,14,18,21H,11-13H2,1H3,(H2,24,26). The third-order valence-corrected chi connectivity index (χ3v) is 4.73. The van der Waals surface area contributed by atoms with E-state index in [1.807, 2.05) is 30.3 Å². The van der Waals surface area contributed by atoms with Gasteiger partial charge < -0.3 is 20.1 Å². The van der Waals surface area contributed by atoms with Crippen molar-refractivity contribution in [2.24, 2.45) is 5.73 Å². The number of benzene rings is 2. The summed E-state index contributed by atoms with van der Waals surface area (Å²) in [6.45, 7) is 0. The van der Waals surface area contributed by atoms with Crippen molar-refractivity contribution in [3.63, 3.8) is 0 Å². The Morgan fingerprint density at radius 1 is 1.10 bits per heavy atom. The van der Waals surface area contributed by atoms with Crippen LogP contribution in [0, 0.1) is 5.82 Å². The Labute approximate surface area is 168 Å². The molecule has 1 aliphatic rings. The molecule has 3 rings (SSSR count). The van der Waals surface area contributed by atoms with E-state index in [0.29, 0.717) is 12.8 Å². The van der Waals surface area contributed by atoms with Gasteiger partial charge in [-0.25, -0.2) is 4.39 Å². The van der Waals surface area contributed by atoms with E-state index >= 15 is 0 Å². The Balaban J connectivity index is 1.64. The lowest BCUT2D eigenvalue weighted by atomic mass is 10.0. The van der Waals surface area contributed by atoms with Crippen LogP contribution in [-0.4, -0.2) is 36.1 Å². The third-order valence-electron chi connectivity index (χ3n) is 4.73. The lowest BCUT2D eigenvalue weighted by Gasteiger charge is -2.27. The van der Waals surface area contributed by atoms with Crippen molar-refractivity contribution >= 4 is 11.8 Å². The van der Waals surface area contributed by atoms with Crippen molar-refractivity contribution in [3.8, 4) is 0 Å². The van der Waals surface area contributed by atoms with Crippen LogP contribution in [0.3, 0.4) is 0 Å². The van der Waals surface area contributed by atoms with E-state index < -0.39 is 24.1 Å². The summed E-state index contributed by atoms with van der Waals surface area (Å²) in [5, 5.41) is 0. The minimum atomic E-state index is -0.587. The zero-order chi connectivity index (χ0) is 20.8. The predicted molar refractivity (Wildman–Crippen MR) is 105 cm³/mol. The molecule has 2 N–H and O–H groups in total. The fourth-order valence-corrected chi connectivity index (χ4v) is 3.14. The van der Waals surface area contributed by atoms with E-state index in [9.17, 15) is 14.0 Å². The molecule has 0 radical (unpaired) electrons. The first-order valence-corrected chi connectivity index (χ1v) is 9.28. The van der Waals surface area contributed by atoms with Gasteiger partial charge in [-0.05, 0) is 29.7 Å². The maximum atomic E-state index is 13.1. The molecule has 0 aliphatic carbocycles. The molecular formula is C22H23FN2O4. The summed E-state index contributed by atoms with van der Waals surface area (Å²) in [7, 11) is 1.58. The van der Waals surface area contributed by atoms with E-state index in [-0.39, 0.29) is 18.0 Å². The van der Waals surface area contributed by atoms with Crippen molar-refractivity contribution in [1.29, 1.82) is 0 Å². The SMILES string of the molecule is CN(C(=O)C1=COC(Cc2ccccc2)O1)C(CC(N)=O)Cc1ccc(F)cc1. The summed E-state index contributed by atoms with van der Waals surface area (Å²) in [4.78, 5) is 25.8. The molecule has 2 unspecified atom stereocenters. The van der Waals surface area contributed by atoms with Gasteiger partial charge in [0.25, 0.3) is 5.91 Å². The highest BCUT2D eigenvalue weighted by Crippen LogP contribution is 2.22. The first-order valence-electron chi connectivity index (χ1n) is 9.28. The number of hydrogen-bond acceptors (Lipinski definition) is 4. The van der Waals surface area contributed by atoms with E-state index in [1.54, 1.807) is 19.2 Å². The van der Waals surface area contributed by atoms with E-state index in [4.69, 9.17) is 15.2 Å². The second-order valence-corrected chi connectivity index (χ2v) is 6.93. The average Bonchev–Trinajstić information content (AvgIpc) is 3.17. The Bertz CT molecular complexity index is 883. The van der Waals surface area contributed by atoms with Gasteiger partial charge in [0.2, 0.25) is 18.0 Å². The summed E-state index contributed by atoms with van der Waals surface area (Å²) in [6, 6.07) is 15.1. The molecule has 0 saturated heterocycles. The number of rotatable bonds is 8. The summed E-state index contributed by atoms with van der Waals surface area (Å²) in [6.07, 6.45) is 1.54. The number of nitrogens with two attached hydrogens (primary N) is 1. The predicted octanol–water partition coefficient (Wildman–Crippen LogP) is 2.53. The highest BCUT2D eigenvalue weighted by Gasteiger charge is 2.31. The van der Waals surface area contributed by atoms with Crippen LogP contribution in [0.25, 0.3) is 0 Å². The average molecular weight is 398 g/mol. The molecule has 0 fully saturated rings. The molecule has 7 heteroatoms. The molecule has 29 heavy (non-hydrogen) atoms. The molecule has 0 aromatic heterocycles. The molecule has 0 spiro atoms. The number of hydrogen-bond donors (Lipinski definition) is 1. The summed E-state index contributed by atoms with van der Waals surface area (Å²) >= 11 is 0. The third kappa shape index (κ3) is 5.57. The van der Waals surface area contributed by atoms with Gasteiger partial charge in [0.1, 0.15) is 12.1 Å². The number of amides is 2. The number of primary amides is 1. The van der Waals surface area contributed by atoms with Crippen LogP contribution in [0.5, 0.6) is 0 Å². The quantitative estimate of drug-likeness (QED) is 0.741. The van der Waals surface area contributed by atoms with E-state index in [2.05, 4.69) is 0 Å². The molecule has 2 amide bonds. The highest BCUT2D eigenvalue weighted by molar-refractivity contribution is 5.92. The number of ether oxygens (including phenoxy) is 2. The van der Waals surface area contributed by atoms with Crippen LogP contribution < -0.4 is 5.73 Å². The van der Waals surface area contributed by atoms with Gasteiger partial charge in [0.15, 0.2) is 0 Å². The molecule has 2 aromatic rings. The van der Waals surface area contributed by atoms with Gasteiger partial charge >= 0.3 is 0 Å². The second kappa shape index (κ2) is 9.23. The molecule has 6 nitrogen and oxygen atoms in total. The Morgan fingerprint density at radius 3 is 2.45 bits per heavy atom. The van der Waals surface area contributed by atoms with Crippen molar-refractivity contribution in [1.82, 2.24) is 4.90 Å². The van der Waals surface area contributed by atoms with Crippen LogP contribution in [0.15, 0.2) is 66.6 Å². The monoisotopic (exact) mass is 398 g/mol. The summed E-state index contributed by atoms with van der Waals surface area (Å²) in [5.41, 5.74) is 7.18. The fourth-order valence-electron chi connectivity index (χ4n) is 3.14. The topological polar surface area (TPSA) is 81.9 Å². The molecular weight excluding hydrogens is 375 g/mol. The van der Waals surface area contributed by atoms with Crippen LogP contribution in [-0.2, 0) is 31.9 Å². The van der Waals surface area contributed by atoms with E-state index in [1.165, 1.54) is 23.3 Å². The molecule has 0 saturated carbocycles. The smallest absolute Gasteiger partial charge is 0.292 e. The van der Waals surface area contributed by atoms with Gasteiger partial charge in [-0.2, -0.15) is 0 Å².